The number of nitrogens with one attached hydrogen (secondary N) is 1. The van der Waals surface area contributed by atoms with Gasteiger partial charge in [-0.3, -0.25) is 4.79 Å². The van der Waals surface area contributed by atoms with E-state index in [0.29, 0.717) is 22.7 Å². The van der Waals surface area contributed by atoms with E-state index < -0.39 is 0 Å². The molecule has 0 unspecified atom stereocenters. The topological polar surface area (TPSA) is 55.1 Å². The van der Waals surface area contributed by atoms with Gasteiger partial charge in [-0.15, -0.1) is 0 Å². The highest BCUT2D eigenvalue weighted by Gasteiger charge is 2.07. The Balaban J connectivity index is 2.64. The first-order chi connectivity index (χ1) is 9.19. The number of amides is 1. The maximum Gasteiger partial charge on any atom is 0.251 e. The minimum absolute atomic E-state index is 0.110. The number of carbonyl (C=O) groups is 1. The summed E-state index contributed by atoms with van der Waals surface area (Å²) in [5, 5.41) is 3.33. The van der Waals surface area contributed by atoms with Crippen LogP contribution in [0.1, 0.15) is 22.3 Å². The maximum atomic E-state index is 11.9. The fraction of sp³-hybridized carbons (Fsp3) is 0.357. The van der Waals surface area contributed by atoms with Crippen LogP contribution in [0.15, 0.2) is 18.2 Å². The summed E-state index contributed by atoms with van der Waals surface area (Å²) in [7, 11) is 0. The summed E-state index contributed by atoms with van der Waals surface area (Å²) < 4.78 is 0. The van der Waals surface area contributed by atoms with Gasteiger partial charge in [-0.2, -0.15) is 11.8 Å². The van der Waals surface area contributed by atoms with Crippen molar-refractivity contribution in [3.05, 3.63) is 34.3 Å². The van der Waals surface area contributed by atoms with Crippen LogP contribution >= 0.6 is 23.4 Å². The molecule has 0 aromatic heterocycles. The van der Waals surface area contributed by atoms with Gasteiger partial charge in [-0.25, -0.2) is 0 Å². The number of hydrogen-bond donors (Lipinski definition) is 2. The third kappa shape index (κ3) is 5.56. The molecule has 0 spiro atoms. The average molecular weight is 297 g/mol. The van der Waals surface area contributed by atoms with Crippen molar-refractivity contribution >= 4 is 29.3 Å². The van der Waals surface area contributed by atoms with Crippen molar-refractivity contribution < 1.29 is 4.79 Å². The van der Waals surface area contributed by atoms with Gasteiger partial charge < -0.3 is 11.1 Å². The average Bonchev–Trinajstić information content (AvgIpc) is 2.42. The van der Waals surface area contributed by atoms with Crippen LogP contribution in [-0.2, 0) is 0 Å². The zero-order valence-electron chi connectivity index (χ0n) is 10.8. The number of nitrogens with two attached hydrogens (primary N) is 1. The van der Waals surface area contributed by atoms with Gasteiger partial charge in [-0.05, 0) is 36.6 Å². The molecule has 5 heteroatoms. The first-order valence-electron chi connectivity index (χ1n) is 5.94. The molecule has 0 fully saturated rings. The van der Waals surface area contributed by atoms with E-state index in [1.54, 1.807) is 30.0 Å². The predicted molar refractivity (Wildman–Crippen MR) is 82.7 cm³/mol. The number of hydrogen-bond acceptors (Lipinski definition) is 3. The Morgan fingerprint density at radius 1 is 1.53 bits per heavy atom. The first-order valence-corrected chi connectivity index (χ1v) is 7.72. The van der Waals surface area contributed by atoms with E-state index in [2.05, 4.69) is 17.2 Å². The van der Waals surface area contributed by atoms with Gasteiger partial charge in [0, 0.05) is 17.7 Å². The lowest BCUT2D eigenvalue weighted by atomic mass is 10.1. The number of halogens is 1. The number of benzene rings is 1. The SMILES string of the molecule is CSCCCNC(=O)c1ccc(C#CCN)c(Cl)c1. The zero-order valence-corrected chi connectivity index (χ0v) is 12.4. The lowest BCUT2D eigenvalue weighted by Crippen LogP contribution is -2.24. The summed E-state index contributed by atoms with van der Waals surface area (Å²) in [6.45, 7) is 0.958. The highest BCUT2D eigenvalue weighted by Crippen LogP contribution is 2.17. The monoisotopic (exact) mass is 296 g/mol. The number of thioether (sulfide) groups is 1. The molecule has 1 rings (SSSR count). The third-order valence-corrected chi connectivity index (χ3v) is 3.38. The molecule has 3 nitrogen and oxygen atoms in total. The number of carbonyl (C=O) groups excluding carboxylic acids is 1. The quantitative estimate of drug-likeness (QED) is 0.646. The molecule has 19 heavy (non-hydrogen) atoms. The fourth-order valence-corrected chi connectivity index (χ4v) is 2.09. The van der Waals surface area contributed by atoms with Gasteiger partial charge in [0.25, 0.3) is 5.91 Å². The summed E-state index contributed by atoms with van der Waals surface area (Å²) in [6, 6.07) is 5.09. The summed E-state index contributed by atoms with van der Waals surface area (Å²) in [5.41, 5.74) is 6.54. The summed E-state index contributed by atoms with van der Waals surface area (Å²) in [5.74, 6) is 6.52. The lowest BCUT2D eigenvalue weighted by Gasteiger charge is -2.05. The fourth-order valence-electron chi connectivity index (χ4n) is 1.42. The Hall–Kier alpha value is -1.15. The smallest absolute Gasteiger partial charge is 0.251 e. The molecule has 0 atom stereocenters. The van der Waals surface area contributed by atoms with Gasteiger partial charge in [-0.1, -0.05) is 23.4 Å². The van der Waals surface area contributed by atoms with Crippen molar-refractivity contribution in [1.29, 1.82) is 0 Å². The van der Waals surface area contributed by atoms with Crippen molar-refractivity contribution in [2.75, 3.05) is 25.1 Å². The van der Waals surface area contributed by atoms with E-state index in [0.717, 1.165) is 12.2 Å². The summed E-state index contributed by atoms with van der Waals surface area (Å²) in [6.07, 6.45) is 3.00. The predicted octanol–water partition coefficient (Wildman–Crippen LogP) is 2.13. The van der Waals surface area contributed by atoms with Gasteiger partial charge in [0.2, 0.25) is 0 Å². The molecule has 0 saturated carbocycles. The maximum absolute atomic E-state index is 11.9. The third-order valence-electron chi connectivity index (χ3n) is 2.37. The molecule has 0 bridgehead atoms. The van der Waals surface area contributed by atoms with Crippen LogP contribution < -0.4 is 11.1 Å². The minimum atomic E-state index is -0.110. The Kier molecular flexibility index (Phi) is 7.42. The highest BCUT2D eigenvalue weighted by atomic mass is 35.5. The Morgan fingerprint density at radius 3 is 2.95 bits per heavy atom. The summed E-state index contributed by atoms with van der Waals surface area (Å²) >= 11 is 7.83. The lowest BCUT2D eigenvalue weighted by molar-refractivity contribution is 0.0954. The van der Waals surface area contributed by atoms with Crippen LogP contribution in [0.4, 0.5) is 0 Å². The Bertz CT molecular complexity index is 494. The molecule has 0 aliphatic carbocycles. The molecule has 102 valence electrons. The second kappa shape index (κ2) is 8.87. The molecule has 1 aromatic carbocycles. The van der Waals surface area contributed by atoms with E-state index in [1.165, 1.54) is 0 Å². The first kappa shape index (κ1) is 15.9. The van der Waals surface area contributed by atoms with E-state index in [4.69, 9.17) is 17.3 Å². The molecule has 0 heterocycles. The van der Waals surface area contributed by atoms with Crippen molar-refractivity contribution in [2.24, 2.45) is 5.73 Å². The second-order valence-corrected chi connectivity index (χ2v) is 5.20. The summed E-state index contributed by atoms with van der Waals surface area (Å²) in [4.78, 5) is 11.9. The molecule has 0 saturated heterocycles. The minimum Gasteiger partial charge on any atom is -0.352 e. The molecule has 1 amide bonds. The van der Waals surface area contributed by atoms with Crippen LogP contribution in [0, 0.1) is 11.8 Å². The van der Waals surface area contributed by atoms with Gasteiger partial charge >= 0.3 is 0 Å². The molecular formula is C14H17ClN2OS. The van der Waals surface area contributed by atoms with E-state index >= 15 is 0 Å². The van der Waals surface area contributed by atoms with Crippen molar-refractivity contribution in [1.82, 2.24) is 5.32 Å². The Labute approximate surface area is 123 Å². The molecule has 0 radical (unpaired) electrons. The van der Waals surface area contributed by atoms with Crippen molar-refractivity contribution in [3.8, 4) is 11.8 Å². The normalized spacial score (nSPS) is 9.63. The molecule has 0 aliphatic heterocycles. The standard InChI is InChI=1S/C14H17ClN2OS/c1-19-9-3-8-17-14(18)12-6-5-11(4-2-7-16)13(15)10-12/h5-6,10H,3,7-9,16H2,1H3,(H,17,18). The van der Waals surface area contributed by atoms with Crippen LogP contribution in [0.5, 0.6) is 0 Å². The highest BCUT2D eigenvalue weighted by molar-refractivity contribution is 7.98. The Morgan fingerprint density at radius 2 is 2.32 bits per heavy atom. The molecule has 0 aliphatic rings. The van der Waals surface area contributed by atoms with Gasteiger partial charge in [0.05, 0.1) is 11.6 Å². The van der Waals surface area contributed by atoms with Crippen LogP contribution in [-0.4, -0.2) is 31.0 Å². The van der Waals surface area contributed by atoms with Gasteiger partial charge in [0.15, 0.2) is 0 Å². The van der Waals surface area contributed by atoms with Crippen molar-refractivity contribution in [2.45, 2.75) is 6.42 Å². The van der Waals surface area contributed by atoms with E-state index in [9.17, 15) is 4.79 Å². The van der Waals surface area contributed by atoms with E-state index in [-0.39, 0.29) is 12.5 Å². The largest absolute Gasteiger partial charge is 0.352 e. The molecular weight excluding hydrogens is 280 g/mol. The van der Waals surface area contributed by atoms with Gasteiger partial charge in [0.1, 0.15) is 0 Å². The van der Waals surface area contributed by atoms with Crippen LogP contribution in [0.2, 0.25) is 5.02 Å². The molecule has 1 aromatic rings. The van der Waals surface area contributed by atoms with Crippen LogP contribution in [0.3, 0.4) is 0 Å². The number of rotatable bonds is 5. The van der Waals surface area contributed by atoms with Crippen molar-refractivity contribution in [3.63, 3.8) is 0 Å². The zero-order chi connectivity index (χ0) is 14.1. The van der Waals surface area contributed by atoms with Crippen LogP contribution in [0.25, 0.3) is 0 Å². The van der Waals surface area contributed by atoms with E-state index in [1.807, 2.05) is 6.26 Å². The second-order valence-electron chi connectivity index (χ2n) is 3.80. The molecule has 3 N–H and O–H groups in total.